The third-order valence-corrected chi connectivity index (χ3v) is 0.354. The van der Waals surface area contributed by atoms with Gasteiger partial charge in [0.2, 0.25) is 0 Å². The third-order valence-electron chi connectivity index (χ3n) is 0.354. The normalized spacial score (nSPS) is 3.75. The van der Waals surface area contributed by atoms with E-state index in [1.54, 1.807) is 0 Å². The van der Waals surface area contributed by atoms with Crippen LogP contribution in [0.5, 0.6) is 0 Å². The van der Waals surface area contributed by atoms with Crippen LogP contribution in [0.3, 0.4) is 0 Å². The summed E-state index contributed by atoms with van der Waals surface area (Å²) in [7, 11) is 0. The van der Waals surface area contributed by atoms with Crippen LogP contribution in [-0.4, -0.2) is 23.1 Å². The first-order valence-corrected chi connectivity index (χ1v) is 1.71. The van der Waals surface area contributed by atoms with Crippen LogP contribution in [0, 0.1) is 14.4 Å². The average molecular weight is 183 g/mol. The minimum absolute atomic E-state index is 0. The molecule has 0 nitrogen and oxygen atoms in total. The molecule has 0 heterocycles. The molecule has 0 N–H and O–H groups in total. The Morgan fingerprint density at radius 1 is 1.38 bits per heavy atom. The van der Waals surface area contributed by atoms with E-state index < -0.39 is 0 Å². The van der Waals surface area contributed by atoms with Gasteiger partial charge in [0.25, 0.3) is 0 Å². The molecule has 0 atom stereocenters. The molecule has 0 spiro atoms. The number of halogens is 1. The summed E-state index contributed by atoms with van der Waals surface area (Å²) in [6, 6.07) is 0. The van der Waals surface area contributed by atoms with E-state index in [0.717, 1.165) is 6.42 Å². The van der Waals surface area contributed by atoms with E-state index in [1.165, 1.54) is 6.42 Å². The van der Waals surface area contributed by atoms with Crippen LogP contribution in [-0.2, 0) is 0 Å². The predicted molar refractivity (Wildman–Crippen MR) is 32.4 cm³/mol. The first-order chi connectivity index (χ1) is 1.91. The fourth-order valence-corrected chi connectivity index (χ4v) is 0. The van der Waals surface area contributed by atoms with Crippen LogP contribution in [0.25, 0.3) is 0 Å². The van der Waals surface area contributed by atoms with Crippen LogP contribution in [0.4, 0.5) is 0 Å². The zero-order valence-electron chi connectivity index (χ0n) is 6.21. The van der Waals surface area contributed by atoms with Gasteiger partial charge < -0.3 is 31.3 Å². The van der Waals surface area contributed by atoms with Crippen LogP contribution >= 0.6 is 0 Å². The summed E-state index contributed by atoms with van der Waals surface area (Å²) in [6.45, 7) is 5.72. The molecule has 0 saturated carbocycles. The minimum Gasteiger partial charge on any atom is -1.00 e. The quantitative estimate of drug-likeness (QED) is 0.285. The van der Waals surface area contributed by atoms with E-state index in [2.05, 4.69) is 13.8 Å². The summed E-state index contributed by atoms with van der Waals surface area (Å²) >= 11 is 0. The van der Waals surface area contributed by atoms with Gasteiger partial charge in [-0.05, 0) is 0 Å². The molecule has 0 aliphatic carbocycles. The van der Waals surface area contributed by atoms with E-state index in [4.69, 9.17) is 0 Å². The third kappa shape index (κ3) is 45.4. The van der Waals surface area contributed by atoms with Crippen molar-refractivity contribution in [3.63, 3.8) is 0 Å². The van der Waals surface area contributed by atoms with Crippen LogP contribution in [0.2, 0.25) is 0 Å². The Hall–Kier alpha value is 1.84. The number of unbranched alkanes of at least 4 members (excludes halogenated alkanes) is 1. The summed E-state index contributed by atoms with van der Waals surface area (Å²) in [4.78, 5) is 0. The number of hydrogen-bond donors (Lipinski definition) is 0. The molecule has 0 aromatic carbocycles. The van der Waals surface area contributed by atoms with Crippen molar-refractivity contribution >= 4 is 23.1 Å². The molecular formula is C5H12BrLiMg. The van der Waals surface area contributed by atoms with Gasteiger partial charge in [-0.2, -0.15) is 6.42 Å². The van der Waals surface area contributed by atoms with Crippen molar-refractivity contribution in [1.82, 2.24) is 0 Å². The van der Waals surface area contributed by atoms with Gasteiger partial charge in [0, 0.05) is 0 Å². The Balaban J connectivity index is -0.00000000750. The SMILES string of the molecule is [Br-].[CH2-]CCC.[CH3-].[Li+].[Mg+2]. The summed E-state index contributed by atoms with van der Waals surface area (Å²) in [5, 5.41) is 0. The van der Waals surface area contributed by atoms with Gasteiger partial charge in [0.15, 0.2) is 0 Å². The second-order valence-electron chi connectivity index (χ2n) is 0.854. The van der Waals surface area contributed by atoms with Gasteiger partial charge >= 0.3 is 41.9 Å². The Bertz CT molecular complexity index is 14.4. The summed E-state index contributed by atoms with van der Waals surface area (Å²) in [5.74, 6) is 0. The number of rotatable bonds is 1. The molecule has 0 aromatic rings. The number of hydrogen-bond acceptors (Lipinski definition) is 0. The van der Waals surface area contributed by atoms with Crippen molar-refractivity contribution in [3.05, 3.63) is 14.4 Å². The Morgan fingerprint density at radius 3 is 1.50 bits per heavy atom. The molecule has 42 valence electrons. The van der Waals surface area contributed by atoms with E-state index in [9.17, 15) is 0 Å². The van der Waals surface area contributed by atoms with Crippen molar-refractivity contribution in [2.45, 2.75) is 19.8 Å². The molecule has 0 unspecified atom stereocenters. The minimum atomic E-state index is 0. The maximum absolute atomic E-state index is 3.60. The summed E-state index contributed by atoms with van der Waals surface area (Å²) < 4.78 is 0. The smallest absolute Gasteiger partial charge is 1.00 e. The molecule has 0 amide bonds. The van der Waals surface area contributed by atoms with E-state index in [0.29, 0.717) is 0 Å². The zero-order valence-corrected chi connectivity index (χ0v) is 9.21. The van der Waals surface area contributed by atoms with Gasteiger partial charge in [-0.25, -0.2) is 0 Å². The molecule has 8 heavy (non-hydrogen) atoms. The Morgan fingerprint density at radius 2 is 1.50 bits per heavy atom. The van der Waals surface area contributed by atoms with Crippen LogP contribution < -0.4 is 35.8 Å². The summed E-state index contributed by atoms with van der Waals surface area (Å²) in [5.41, 5.74) is 0. The van der Waals surface area contributed by atoms with Crippen molar-refractivity contribution in [2.75, 3.05) is 0 Å². The second kappa shape index (κ2) is 36.8. The van der Waals surface area contributed by atoms with Gasteiger partial charge in [0.1, 0.15) is 0 Å². The fraction of sp³-hybridized carbons (Fsp3) is 0.600. The first-order valence-electron chi connectivity index (χ1n) is 1.71. The van der Waals surface area contributed by atoms with Gasteiger partial charge in [0.05, 0.1) is 0 Å². The second-order valence-corrected chi connectivity index (χ2v) is 0.854. The molecule has 0 bridgehead atoms. The molecule has 0 rings (SSSR count). The summed E-state index contributed by atoms with van der Waals surface area (Å²) in [6.07, 6.45) is 2.28. The predicted octanol–water partition coefficient (Wildman–Crippen LogP) is -4.30. The average Bonchev–Trinajstić information content (AvgIpc) is 1.37. The van der Waals surface area contributed by atoms with Crippen LogP contribution in [0.15, 0.2) is 0 Å². The zero-order chi connectivity index (χ0) is 3.41. The Labute approximate surface area is 92.3 Å². The molecule has 0 aliphatic rings. The van der Waals surface area contributed by atoms with Gasteiger partial charge in [-0.3, -0.25) is 0 Å². The fourth-order valence-electron chi connectivity index (χ4n) is 0. The van der Waals surface area contributed by atoms with E-state index in [-0.39, 0.29) is 66.3 Å². The molecule has 0 aliphatic heterocycles. The van der Waals surface area contributed by atoms with Crippen molar-refractivity contribution in [2.24, 2.45) is 0 Å². The first kappa shape index (κ1) is 32.8. The van der Waals surface area contributed by atoms with Gasteiger partial charge in [-0.1, -0.05) is 13.3 Å². The molecule has 0 aromatic heterocycles. The van der Waals surface area contributed by atoms with Crippen LogP contribution in [0.1, 0.15) is 19.8 Å². The van der Waals surface area contributed by atoms with E-state index >= 15 is 0 Å². The largest absolute Gasteiger partial charge is 2.00 e. The van der Waals surface area contributed by atoms with Crippen molar-refractivity contribution < 1.29 is 35.8 Å². The van der Waals surface area contributed by atoms with E-state index in [1.807, 2.05) is 0 Å². The standard InChI is InChI=1S/C4H9.CH3.BrH.Li.Mg/c1-3-4-2;;;;/h1,3-4H2,2H3;1H3;1H;;/q2*-1;;+1;+2/p-1. The molecule has 0 radical (unpaired) electrons. The molecular weight excluding hydrogens is 171 g/mol. The Kier molecular flexibility index (Phi) is 151. The van der Waals surface area contributed by atoms with Gasteiger partial charge in [-0.15, -0.1) is 0 Å². The topological polar surface area (TPSA) is 0 Å². The maximum Gasteiger partial charge on any atom is 2.00 e. The van der Waals surface area contributed by atoms with Crippen molar-refractivity contribution in [3.8, 4) is 0 Å². The van der Waals surface area contributed by atoms with Crippen molar-refractivity contribution in [1.29, 1.82) is 0 Å². The maximum atomic E-state index is 3.60. The molecule has 0 fully saturated rings. The molecule has 3 heteroatoms. The monoisotopic (exact) mass is 182 g/mol. The molecule has 0 saturated heterocycles.